The van der Waals surface area contributed by atoms with Crippen LogP contribution in [-0.4, -0.2) is 10.1 Å². The highest BCUT2D eigenvalue weighted by atomic mass is 16.3. The molecule has 0 radical (unpaired) electrons. The van der Waals surface area contributed by atoms with Crippen molar-refractivity contribution >= 4 is 10.9 Å². The summed E-state index contributed by atoms with van der Waals surface area (Å²) in [7, 11) is 0. The molecular formula is C17H21NO. The molecule has 2 aromatic rings. The molecule has 1 heterocycles. The number of pyridine rings is 1. The molecule has 3 atom stereocenters. The van der Waals surface area contributed by atoms with Crippen LogP contribution in [0.3, 0.4) is 0 Å². The Labute approximate surface area is 114 Å². The third-order valence-electron chi connectivity index (χ3n) is 4.59. The van der Waals surface area contributed by atoms with Gasteiger partial charge >= 0.3 is 0 Å². The van der Waals surface area contributed by atoms with Crippen LogP contribution in [-0.2, 0) is 0 Å². The summed E-state index contributed by atoms with van der Waals surface area (Å²) < 4.78 is 0. The molecule has 3 rings (SSSR count). The third kappa shape index (κ3) is 2.37. The maximum atomic E-state index is 10.7. The van der Waals surface area contributed by atoms with Gasteiger partial charge in [-0.05, 0) is 30.7 Å². The Bertz CT molecular complexity index is 561. The fraction of sp³-hybridized carbons (Fsp3) is 0.471. The molecule has 1 aliphatic carbocycles. The summed E-state index contributed by atoms with van der Waals surface area (Å²) >= 11 is 0. The Balaban J connectivity index is 1.92. The molecule has 1 N–H and O–H groups in total. The first-order chi connectivity index (χ1) is 9.29. The minimum atomic E-state index is -0.366. The minimum absolute atomic E-state index is 0.366. The lowest BCUT2D eigenvalue weighted by atomic mass is 9.91. The van der Waals surface area contributed by atoms with Gasteiger partial charge in [0.2, 0.25) is 0 Å². The zero-order valence-electron chi connectivity index (χ0n) is 11.4. The van der Waals surface area contributed by atoms with Gasteiger partial charge < -0.3 is 5.11 Å². The van der Waals surface area contributed by atoms with Crippen LogP contribution in [0.2, 0.25) is 0 Å². The molecule has 19 heavy (non-hydrogen) atoms. The number of nitrogens with zero attached hydrogens (tertiary/aromatic N) is 1. The van der Waals surface area contributed by atoms with Crippen LogP contribution in [0.15, 0.2) is 36.5 Å². The Morgan fingerprint density at radius 2 is 2.11 bits per heavy atom. The molecule has 0 spiro atoms. The zero-order chi connectivity index (χ0) is 13.2. The smallest absolute Gasteiger partial charge is 0.0839 e. The molecule has 0 aliphatic heterocycles. The highest BCUT2D eigenvalue weighted by molar-refractivity contribution is 5.81. The van der Waals surface area contributed by atoms with Gasteiger partial charge in [0.15, 0.2) is 0 Å². The lowest BCUT2D eigenvalue weighted by Crippen LogP contribution is -2.10. The summed E-state index contributed by atoms with van der Waals surface area (Å²) in [5, 5.41) is 11.8. The van der Waals surface area contributed by atoms with Gasteiger partial charge in [-0.15, -0.1) is 0 Å². The van der Waals surface area contributed by atoms with E-state index < -0.39 is 0 Å². The van der Waals surface area contributed by atoms with E-state index in [9.17, 15) is 5.11 Å². The van der Waals surface area contributed by atoms with E-state index in [1.165, 1.54) is 12.8 Å². The maximum Gasteiger partial charge on any atom is 0.0839 e. The molecule has 0 amide bonds. The molecule has 1 aromatic heterocycles. The number of hydrogen-bond donors (Lipinski definition) is 1. The molecule has 0 bridgehead atoms. The predicted octanol–water partition coefficient (Wildman–Crippen LogP) is 4.09. The summed E-state index contributed by atoms with van der Waals surface area (Å²) in [5.41, 5.74) is 1.96. The Morgan fingerprint density at radius 3 is 2.89 bits per heavy atom. The van der Waals surface area contributed by atoms with E-state index in [0.29, 0.717) is 5.92 Å². The second-order valence-corrected chi connectivity index (χ2v) is 5.71. The monoisotopic (exact) mass is 255 g/mol. The van der Waals surface area contributed by atoms with Gasteiger partial charge in [-0.2, -0.15) is 0 Å². The lowest BCUT2D eigenvalue weighted by Gasteiger charge is -2.19. The van der Waals surface area contributed by atoms with Crippen LogP contribution >= 0.6 is 0 Å². The first-order valence-electron chi connectivity index (χ1n) is 7.31. The fourth-order valence-electron chi connectivity index (χ4n) is 3.39. The van der Waals surface area contributed by atoms with Crippen LogP contribution in [0, 0.1) is 11.8 Å². The van der Waals surface area contributed by atoms with Crippen LogP contribution in [0.25, 0.3) is 10.9 Å². The summed E-state index contributed by atoms with van der Waals surface area (Å²) in [6, 6.07) is 10.1. The number of fused-ring (bicyclic) bond motifs is 1. The van der Waals surface area contributed by atoms with E-state index in [1.807, 2.05) is 24.4 Å². The van der Waals surface area contributed by atoms with Crippen molar-refractivity contribution in [3.05, 3.63) is 42.1 Å². The van der Waals surface area contributed by atoms with Gasteiger partial charge in [-0.25, -0.2) is 0 Å². The molecule has 2 nitrogen and oxygen atoms in total. The SMILES string of the molecule is CCC1CCC(C(O)c2cccc3cccnc23)C1. The average molecular weight is 255 g/mol. The summed E-state index contributed by atoms with van der Waals surface area (Å²) in [4.78, 5) is 4.45. The highest BCUT2D eigenvalue weighted by Crippen LogP contribution is 2.41. The van der Waals surface area contributed by atoms with Gasteiger partial charge in [-0.1, -0.05) is 44.0 Å². The van der Waals surface area contributed by atoms with Crippen molar-refractivity contribution in [2.45, 2.75) is 38.7 Å². The summed E-state index contributed by atoms with van der Waals surface area (Å²) in [6.45, 7) is 2.25. The molecule has 100 valence electrons. The number of hydrogen-bond acceptors (Lipinski definition) is 2. The molecule has 3 unspecified atom stereocenters. The van der Waals surface area contributed by atoms with Crippen molar-refractivity contribution < 1.29 is 5.11 Å². The van der Waals surface area contributed by atoms with Gasteiger partial charge in [0.25, 0.3) is 0 Å². The second-order valence-electron chi connectivity index (χ2n) is 5.71. The van der Waals surface area contributed by atoms with E-state index in [1.54, 1.807) is 0 Å². The number of para-hydroxylation sites is 1. The van der Waals surface area contributed by atoms with Gasteiger partial charge in [0.1, 0.15) is 0 Å². The largest absolute Gasteiger partial charge is 0.388 e. The fourth-order valence-corrected chi connectivity index (χ4v) is 3.39. The van der Waals surface area contributed by atoms with E-state index >= 15 is 0 Å². The number of benzene rings is 1. The molecule has 1 saturated carbocycles. The van der Waals surface area contributed by atoms with Crippen molar-refractivity contribution in [2.75, 3.05) is 0 Å². The average Bonchev–Trinajstić information content (AvgIpc) is 2.95. The highest BCUT2D eigenvalue weighted by Gasteiger charge is 2.30. The molecular weight excluding hydrogens is 234 g/mol. The standard InChI is InChI=1S/C17H21NO/c1-2-12-8-9-14(11-12)17(19)15-7-3-5-13-6-4-10-18-16(13)15/h3-7,10,12,14,17,19H,2,8-9,11H2,1H3. The predicted molar refractivity (Wildman–Crippen MR) is 77.8 cm³/mol. The van der Waals surface area contributed by atoms with Crippen molar-refractivity contribution in [3.63, 3.8) is 0 Å². The van der Waals surface area contributed by atoms with Crippen molar-refractivity contribution in [2.24, 2.45) is 11.8 Å². The molecule has 1 aliphatic rings. The number of aliphatic hydroxyl groups is 1. The van der Waals surface area contributed by atoms with Gasteiger partial charge in [0, 0.05) is 17.1 Å². The van der Waals surface area contributed by atoms with Crippen molar-refractivity contribution in [1.82, 2.24) is 4.98 Å². The molecule has 0 saturated heterocycles. The quantitative estimate of drug-likeness (QED) is 0.896. The van der Waals surface area contributed by atoms with E-state index in [-0.39, 0.29) is 6.10 Å². The number of rotatable bonds is 3. The van der Waals surface area contributed by atoms with Crippen LogP contribution in [0.5, 0.6) is 0 Å². The third-order valence-corrected chi connectivity index (χ3v) is 4.59. The van der Waals surface area contributed by atoms with E-state index in [4.69, 9.17) is 0 Å². The van der Waals surface area contributed by atoms with Crippen LogP contribution < -0.4 is 0 Å². The maximum absolute atomic E-state index is 10.7. The topological polar surface area (TPSA) is 33.1 Å². The Morgan fingerprint density at radius 1 is 1.26 bits per heavy atom. The first kappa shape index (κ1) is 12.6. The Hall–Kier alpha value is -1.41. The van der Waals surface area contributed by atoms with Gasteiger partial charge in [0.05, 0.1) is 11.6 Å². The zero-order valence-corrected chi connectivity index (χ0v) is 11.4. The van der Waals surface area contributed by atoms with Crippen LogP contribution in [0.1, 0.15) is 44.3 Å². The summed E-state index contributed by atoms with van der Waals surface area (Å²) in [6.07, 6.45) is 6.23. The second kappa shape index (κ2) is 5.30. The van der Waals surface area contributed by atoms with E-state index in [0.717, 1.165) is 35.2 Å². The normalized spacial score (nSPS) is 24.7. The van der Waals surface area contributed by atoms with E-state index in [2.05, 4.69) is 24.0 Å². The first-order valence-corrected chi connectivity index (χ1v) is 7.31. The van der Waals surface area contributed by atoms with Crippen molar-refractivity contribution in [3.8, 4) is 0 Å². The number of aliphatic hydroxyl groups excluding tert-OH is 1. The molecule has 1 fully saturated rings. The summed E-state index contributed by atoms with van der Waals surface area (Å²) in [5.74, 6) is 1.19. The Kier molecular flexibility index (Phi) is 3.52. The molecule has 2 heteroatoms. The van der Waals surface area contributed by atoms with Crippen LogP contribution in [0.4, 0.5) is 0 Å². The lowest BCUT2D eigenvalue weighted by molar-refractivity contribution is 0.110. The molecule has 1 aromatic carbocycles. The van der Waals surface area contributed by atoms with Crippen molar-refractivity contribution in [1.29, 1.82) is 0 Å². The minimum Gasteiger partial charge on any atom is -0.388 e. The number of aromatic nitrogens is 1. The van der Waals surface area contributed by atoms with Gasteiger partial charge in [-0.3, -0.25) is 4.98 Å².